The summed E-state index contributed by atoms with van der Waals surface area (Å²) < 4.78 is 5.51. The van der Waals surface area contributed by atoms with Gasteiger partial charge in [0.25, 0.3) is 0 Å². The molecule has 0 saturated carbocycles. The van der Waals surface area contributed by atoms with Crippen LogP contribution in [-0.4, -0.2) is 7.11 Å². The largest absolute Gasteiger partial charge is 0.496 e. The molecule has 0 fully saturated rings. The van der Waals surface area contributed by atoms with Crippen LogP contribution >= 0.6 is 0 Å². The number of hydrogen-bond acceptors (Lipinski definition) is 1. The zero-order chi connectivity index (χ0) is 16.8. The third kappa shape index (κ3) is 4.16. The van der Waals surface area contributed by atoms with Crippen molar-refractivity contribution in [3.8, 4) is 5.75 Å². The van der Waals surface area contributed by atoms with Gasteiger partial charge in [0.2, 0.25) is 0 Å². The number of aryl methyl sites for hydroxylation is 3. The first-order valence-electron chi connectivity index (χ1n) is 8.86. The van der Waals surface area contributed by atoms with Crippen LogP contribution in [0.4, 0.5) is 0 Å². The maximum atomic E-state index is 5.51. The van der Waals surface area contributed by atoms with E-state index in [0.717, 1.165) is 12.2 Å². The molecule has 0 N–H and O–H groups in total. The van der Waals surface area contributed by atoms with E-state index in [1.807, 2.05) is 0 Å². The Balaban J connectivity index is 2.38. The van der Waals surface area contributed by atoms with Crippen LogP contribution in [0.1, 0.15) is 67.3 Å². The molecule has 0 aliphatic heterocycles. The van der Waals surface area contributed by atoms with Crippen molar-refractivity contribution >= 4 is 0 Å². The molecule has 0 spiro atoms. The van der Waals surface area contributed by atoms with E-state index >= 15 is 0 Å². The van der Waals surface area contributed by atoms with Gasteiger partial charge >= 0.3 is 0 Å². The Kier molecular flexibility index (Phi) is 6.27. The maximum absolute atomic E-state index is 5.51. The molecule has 0 amide bonds. The van der Waals surface area contributed by atoms with Gasteiger partial charge in [0.15, 0.2) is 0 Å². The van der Waals surface area contributed by atoms with E-state index < -0.39 is 0 Å². The minimum absolute atomic E-state index is 0.390. The molecular weight excluding hydrogens is 280 g/mol. The monoisotopic (exact) mass is 310 g/mol. The van der Waals surface area contributed by atoms with Gasteiger partial charge in [-0.1, -0.05) is 57.5 Å². The first kappa shape index (κ1) is 17.6. The molecule has 0 heterocycles. The second-order valence-corrected chi connectivity index (χ2v) is 6.44. The summed E-state index contributed by atoms with van der Waals surface area (Å²) >= 11 is 0. The van der Waals surface area contributed by atoms with Crippen LogP contribution in [-0.2, 0) is 12.8 Å². The van der Waals surface area contributed by atoms with Gasteiger partial charge in [-0.15, -0.1) is 0 Å². The third-order valence-electron chi connectivity index (χ3n) is 4.81. The first-order valence-corrected chi connectivity index (χ1v) is 8.86. The lowest BCUT2D eigenvalue weighted by molar-refractivity contribution is 0.411. The fourth-order valence-electron chi connectivity index (χ4n) is 3.19. The maximum Gasteiger partial charge on any atom is 0.122 e. The van der Waals surface area contributed by atoms with Crippen molar-refractivity contribution in [1.29, 1.82) is 0 Å². The minimum Gasteiger partial charge on any atom is -0.496 e. The number of benzene rings is 2. The quantitative estimate of drug-likeness (QED) is 0.604. The van der Waals surface area contributed by atoms with Crippen molar-refractivity contribution in [3.05, 3.63) is 64.2 Å². The van der Waals surface area contributed by atoms with Crippen LogP contribution in [0.2, 0.25) is 0 Å². The molecule has 2 aromatic carbocycles. The predicted molar refractivity (Wildman–Crippen MR) is 99.7 cm³/mol. The molecule has 0 aromatic heterocycles. The highest BCUT2D eigenvalue weighted by Gasteiger charge is 2.14. The van der Waals surface area contributed by atoms with E-state index in [0.29, 0.717) is 5.92 Å². The molecule has 1 unspecified atom stereocenters. The normalized spacial score (nSPS) is 12.2. The van der Waals surface area contributed by atoms with Crippen LogP contribution in [0.15, 0.2) is 36.4 Å². The van der Waals surface area contributed by atoms with Gasteiger partial charge < -0.3 is 4.74 Å². The third-order valence-corrected chi connectivity index (χ3v) is 4.81. The summed E-state index contributed by atoms with van der Waals surface area (Å²) in [7, 11) is 1.75. The zero-order valence-corrected chi connectivity index (χ0v) is 15.3. The van der Waals surface area contributed by atoms with Gasteiger partial charge in [-0.2, -0.15) is 0 Å². The Morgan fingerprint density at radius 2 is 1.83 bits per heavy atom. The molecule has 1 nitrogen and oxygen atoms in total. The summed E-state index contributed by atoms with van der Waals surface area (Å²) in [5, 5.41) is 0. The molecule has 2 rings (SSSR count). The topological polar surface area (TPSA) is 9.23 Å². The molecular formula is C22H30O. The number of methoxy groups -OCH3 is 1. The lowest BCUT2D eigenvalue weighted by Crippen LogP contribution is -2.03. The fourth-order valence-corrected chi connectivity index (χ4v) is 3.19. The molecule has 23 heavy (non-hydrogen) atoms. The van der Waals surface area contributed by atoms with Gasteiger partial charge in [-0.25, -0.2) is 0 Å². The molecule has 1 heteroatoms. The Morgan fingerprint density at radius 1 is 1.04 bits per heavy atom. The molecule has 2 aromatic rings. The number of hydrogen-bond donors (Lipinski definition) is 0. The van der Waals surface area contributed by atoms with E-state index in [2.05, 4.69) is 64.1 Å². The molecule has 0 aliphatic rings. The van der Waals surface area contributed by atoms with Crippen molar-refractivity contribution < 1.29 is 4.74 Å². The Morgan fingerprint density at radius 3 is 2.48 bits per heavy atom. The molecule has 0 bridgehead atoms. The summed E-state index contributed by atoms with van der Waals surface area (Å²) in [4.78, 5) is 0. The second kappa shape index (κ2) is 8.19. The van der Waals surface area contributed by atoms with Gasteiger partial charge in [-0.3, -0.25) is 0 Å². The van der Waals surface area contributed by atoms with Gasteiger partial charge in [0.1, 0.15) is 5.75 Å². The van der Waals surface area contributed by atoms with Gasteiger partial charge in [0.05, 0.1) is 7.11 Å². The summed E-state index contributed by atoms with van der Waals surface area (Å²) in [6.45, 7) is 8.90. The van der Waals surface area contributed by atoms with E-state index in [1.54, 1.807) is 7.11 Å². The first-order chi connectivity index (χ1) is 11.1. The van der Waals surface area contributed by atoms with E-state index in [9.17, 15) is 0 Å². The number of ether oxygens (including phenoxy) is 1. The summed E-state index contributed by atoms with van der Waals surface area (Å²) in [6, 6.07) is 13.6. The molecule has 0 aliphatic carbocycles. The molecule has 0 radical (unpaired) electrons. The average molecular weight is 310 g/mol. The van der Waals surface area contributed by atoms with Crippen LogP contribution in [0.25, 0.3) is 0 Å². The van der Waals surface area contributed by atoms with E-state index in [1.165, 1.54) is 47.1 Å². The van der Waals surface area contributed by atoms with Crippen LogP contribution in [0.5, 0.6) is 5.75 Å². The molecule has 0 saturated heterocycles. The summed E-state index contributed by atoms with van der Waals surface area (Å²) in [5.74, 6) is 1.37. The van der Waals surface area contributed by atoms with Crippen LogP contribution < -0.4 is 4.74 Å². The van der Waals surface area contributed by atoms with Crippen molar-refractivity contribution in [1.82, 2.24) is 0 Å². The lowest BCUT2D eigenvalue weighted by atomic mass is 9.86. The van der Waals surface area contributed by atoms with E-state index in [-0.39, 0.29) is 0 Å². The smallest absolute Gasteiger partial charge is 0.122 e. The Hall–Kier alpha value is -1.76. The van der Waals surface area contributed by atoms with Crippen molar-refractivity contribution in [2.75, 3.05) is 7.11 Å². The predicted octanol–water partition coefficient (Wildman–Crippen LogP) is 6.06. The Labute approximate surface area is 141 Å². The zero-order valence-electron chi connectivity index (χ0n) is 15.3. The summed E-state index contributed by atoms with van der Waals surface area (Å²) in [5.41, 5.74) is 6.90. The van der Waals surface area contributed by atoms with E-state index in [4.69, 9.17) is 4.74 Å². The van der Waals surface area contributed by atoms with Crippen molar-refractivity contribution in [2.45, 2.75) is 59.3 Å². The SMILES string of the molecule is CCCCc1ccc(CC)c(C(C)c2ccc(C)c(OC)c2)c1. The van der Waals surface area contributed by atoms with Gasteiger partial charge in [-0.05, 0) is 60.1 Å². The number of unbranched alkanes of at least 4 members (excludes halogenated alkanes) is 1. The fraction of sp³-hybridized carbons (Fsp3) is 0.455. The highest BCUT2D eigenvalue weighted by atomic mass is 16.5. The summed E-state index contributed by atoms with van der Waals surface area (Å²) in [6.07, 6.45) is 4.77. The van der Waals surface area contributed by atoms with Crippen molar-refractivity contribution in [2.24, 2.45) is 0 Å². The molecule has 124 valence electrons. The average Bonchev–Trinajstić information content (AvgIpc) is 2.59. The second-order valence-electron chi connectivity index (χ2n) is 6.44. The highest BCUT2D eigenvalue weighted by molar-refractivity contribution is 5.44. The standard InChI is InChI=1S/C22H30O/c1-6-8-9-18-11-13-19(7-2)21(14-18)17(4)20-12-10-16(3)22(15-20)23-5/h10-15,17H,6-9H2,1-5H3. The van der Waals surface area contributed by atoms with Crippen LogP contribution in [0, 0.1) is 6.92 Å². The van der Waals surface area contributed by atoms with Gasteiger partial charge in [0, 0.05) is 5.92 Å². The Bertz CT molecular complexity index is 642. The van der Waals surface area contributed by atoms with Crippen molar-refractivity contribution in [3.63, 3.8) is 0 Å². The highest BCUT2D eigenvalue weighted by Crippen LogP contribution is 2.31. The molecule has 1 atom stereocenters. The van der Waals surface area contributed by atoms with Crippen LogP contribution in [0.3, 0.4) is 0 Å². The minimum atomic E-state index is 0.390. The number of rotatable bonds is 7. The lowest BCUT2D eigenvalue weighted by Gasteiger charge is -2.19.